The molecule has 4 aromatic rings. The summed E-state index contributed by atoms with van der Waals surface area (Å²) in [6, 6.07) is 20.4. The minimum Gasteiger partial charge on any atom is -0.345 e. The normalized spacial score (nSPS) is 14.0. The second-order valence-electron chi connectivity index (χ2n) is 8.43. The van der Waals surface area contributed by atoms with Gasteiger partial charge in [0.2, 0.25) is 0 Å². The maximum absolute atomic E-state index is 13.0. The van der Waals surface area contributed by atoms with Gasteiger partial charge in [0.1, 0.15) is 0 Å². The van der Waals surface area contributed by atoms with Gasteiger partial charge in [0, 0.05) is 42.9 Å². The number of amides is 1. The molecule has 5 nitrogen and oxygen atoms in total. The highest BCUT2D eigenvalue weighted by atomic mass is 32.1. The highest BCUT2D eigenvalue weighted by molar-refractivity contribution is 7.22. The van der Waals surface area contributed by atoms with Gasteiger partial charge >= 0.3 is 0 Å². The molecule has 0 saturated carbocycles. The second kappa shape index (κ2) is 8.79. The quantitative estimate of drug-likeness (QED) is 0.402. The van der Waals surface area contributed by atoms with E-state index in [1.807, 2.05) is 23.1 Å². The summed E-state index contributed by atoms with van der Waals surface area (Å²) in [5.41, 5.74) is 5.37. The monoisotopic (exact) mass is 455 g/mol. The molecule has 1 saturated heterocycles. The van der Waals surface area contributed by atoms with Crippen LogP contribution in [0.4, 0.5) is 5.13 Å². The van der Waals surface area contributed by atoms with Gasteiger partial charge in [-0.05, 0) is 37.1 Å². The van der Waals surface area contributed by atoms with Crippen LogP contribution < -0.4 is 4.90 Å². The van der Waals surface area contributed by atoms with E-state index in [-0.39, 0.29) is 11.7 Å². The predicted octanol–water partition coefficient (Wildman–Crippen LogP) is 5.11. The number of thiazole rings is 1. The molecule has 0 bridgehead atoms. The topological polar surface area (TPSA) is 53.5 Å². The number of anilines is 1. The molecule has 1 aliphatic rings. The van der Waals surface area contributed by atoms with Crippen molar-refractivity contribution in [3.63, 3.8) is 0 Å². The van der Waals surface area contributed by atoms with Gasteiger partial charge in [0.05, 0.1) is 10.2 Å². The van der Waals surface area contributed by atoms with Crippen molar-refractivity contribution in [1.82, 2.24) is 9.88 Å². The summed E-state index contributed by atoms with van der Waals surface area (Å²) >= 11 is 1.73. The summed E-state index contributed by atoms with van der Waals surface area (Å²) in [4.78, 5) is 34.7. The van der Waals surface area contributed by atoms with E-state index in [0.717, 1.165) is 23.7 Å². The van der Waals surface area contributed by atoms with Gasteiger partial charge in [0.25, 0.3) is 5.91 Å². The van der Waals surface area contributed by atoms with Crippen LogP contribution in [0.2, 0.25) is 0 Å². The van der Waals surface area contributed by atoms with Crippen molar-refractivity contribution in [1.29, 1.82) is 0 Å². The van der Waals surface area contributed by atoms with Crippen LogP contribution in [0.25, 0.3) is 10.2 Å². The molecule has 0 unspecified atom stereocenters. The number of aryl methyl sites for hydroxylation is 2. The minimum atomic E-state index is -0.0375. The van der Waals surface area contributed by atoms with Crippen molar-refractivity contribution in [2.24, 2.45) is 0 Å². The zero-order valence-corrected chi connectivity index (χ0v) is 19.6. The zero-order valence-electron chi connectivity index (χ0n) is 18.7. The van der Waals surface area contributed by atoms with E-state index in [9.17, 15) is 9.59 Å². The van der Waals surface area contributed by atoms with Crippen LogP contribution >= 0.6 is 11.3 Å². The lowest BCUT2D eigenvalue weighted by Crippen LogP contribution is -2.48. The molecule has 0 spiro atoms. The van der Waals surface area contributed by atoms with Crippen LogP contribution in [-0.4, -0.2) is 47.8 Å². The van der Waals surface area contributed by atoms with Crippen LogP contribution in [0.5, 0.6) is 0 Å². The first-order valence-electron chi connectivity index (χ1n) is 11.1. The van der Waals surface area contributed by atoms with Gasteiger partial charge in [0.15, 0.2) is 10.9 Å². The van der Waals surface area contributed by atoms with Crippen molar-refractivity contribution in [3.8, 4) is 0 Å². The van der Waals surface area contributed by atoms with E-state index in [2.05, 4.69) is 30.9 Å². The third kappa shape index (κ3) is 4.14. The number of carbonyl (C=O) groups excluding carboxylic acids is 2. The maximum Gasteiger partial charge on any atom is 0.253 e. The Morgan fingerprint density at radius 3 is 2.03 bits per heavy atom. The molecule has 2 heterocycles. The van der Waals surface area contributed by atoms with Crippen molar-refractivity contribution in [2.75, 3.05) is 31.1 Å². The first-order valence-corrected chi connectivity index (χ1v) is 11.9. The van der Waals surface area contributed by atoms with Gasteiger partial charge in [-0.2, -0.15) is 0 Å². The highest BCUT2D eigenvalue weighted by Gasteiger charge is 2.24. The van der Waals surface area contributed by atoms with E-state index in [4.69, 9.17) is 4.98 Å². The van der Waals surface area contributed by atoms with Gasteiger partial charge in [-0.1, -0.05) is 65.9 Å². The molecule has 5 rings (SSSR count). The molecule has 0 aliphatic carbocycles. The fourth-order valence-corrected chi connectivity index (χ4v) is 5.35. The predicted molar refractivity (Wildman–Crippen MR) is 134 cm³/mol. The SMILES string of the molecule is Cc1ccc(C)c2sc(N3CCN(C(=O)c4ccc(C(=O)c5ccccc5)cc4)CC3)nc12. The maximum atomic E-state index is 13.0. The Morgan fingerprint density at radius 1 is 0.758 bits per heavy atom. The van der Waals surface area contributed by atoms with Crippen molar-refractivity contribution < 1.29 is 9.59 Å². The summed E-state index contributed by atoms with van der Waals surface area (Å²) in [5.74, 6) is -0.0335. The number of benzene rings is 3. The molecule has 1 aliphatic heterocycles. The number of aromatic nitrogens is 1. The Hall–Kier alpha value is -3.51. The Bertz CT molecular complexity index is 1280. The summed E-state index contributed by atoms with van der Waals surface area (Å²) in [5, 5.41) is 1.03. The third-order valence-corrected chi connectivity index (χ3v) is 7.45. The molecule has 0 atom stereocenters. The fourth-order valence-electron chi connectivity index (χ4n) is 4.19. The lowest BCUT2D eigenvalue weighted by Gasteiger charge is -2.34. The Balaban J connectivity index is 1.25. The minimum absolute atomic E-state index is 0.00403. The number of rotatable bonds is 4. The summed E-state index contributed by atoms with van der Waals surface area (Å²) < 4.78 is 1.24. The third-order valence-electron chi connectivity index (χ3n) is 6.20. The zero-order chi connectivity index (χ0) is 22.9. The highest BCUT2D eigenvalue weighted by Crippen LogP contribution is 2.33. The molecular weight excluding hydrogens is 430 g/mol. The van der Waals surface area contributed by atoms with Crippen molar-refractivity contribution in [3.05, 3.63) is 94.5 Å². The molecule has 6 heteroatoms. The number of hydrogen-bond donors (Lipinski definition) is 0. The number of piperazine rings is 1. The number of ketones is 1. The van der Waals surface area contributed by atoms with E-state index in [0.29, 0.717) is 29.8 Å². The van der Waals surface area contributed by atoms with E-state index < -0.39 is 0 Å². The Labute approximate surface area is 197 Å². The molecule has 33 heavy (non-hydrogen) atoms. The number of carbonyl (C=O) groups is 2. The average molecular weight is 456 g/mol. The molecule has 0 radical (unpaired) electrons. The molecule has 3 aromatic carbocycles. The van der Waals surface area contributed by atoms with Crippen LogP contribution in [0.3, 0.4) is 0 Å². The molecular formula is C27H25N3O2S. The van der Waals surface area contributed by atoms with Gasteiger partial charge in [-0.3, -0.25) is 9.59 Å². The van der Waals surface area contributed by atoms with Crippen LogP contribution in [0.1, 0.15) is 37.4 Å². The molecule has 1 amide bonds. The first-order chi connectivity index (χ1) is 16.0. The lowest BCUT2D eigenvalue weighted by atomic mass is 10.0. The number of hydrogen-bond acceptors (Lipinski definition) is 5. The van der Waals surface area contributed by atoms with Gasteiger partial charge in [-0.15, -0.1) is 0 Å². The summed E-state index contributed by atoms with van der Waals surface area (Å²) in [6.07, 6.45) is 0. The second-order valence-corrected chi connectivity index (χ2v) is 9.40. The number of nitrogens with zero attached hydrogens (tertiary/aromatic N) is 3. The van der Waals surface area contributed by atoms with Crippen molar-refractivity contribution in [2.45, 2.75) is 13.8 Å². The van der Waals surface area contributed by atoms with E-state index in [1.54, 1.807) is 47.7 Å². The molecule has 1 aromatic heterocycles. The van der Waals surface area contributed by atoms with E-state index in [1.165, 1.54) is 15.8 Å². The first kappa shape index (κ1) is 21.3. The molecule has 1 fully saturated rings. The fraction of sp³-hybridized carbons (Fsp3) is 0.222. The standard InChI is InChI=1S/C27H25N3O2S/c1-18-8-9-19(2)25-23(18)28-27(33-25)30-16-14-29(15-17-30)26(32)22-12-10-21(11-13-22)24(31)20-6-4-3-5-7-20/h3-13H,14-17H2,1-2H3. The molecule has 0 N–H and O–H groups in total. The smallest absolute Gasteiger partial charge is 0.253 e. The van der Waals surface area contributed by atoms with Gasteiger partial charge < -0.3 is 9.80 Å². The largest absolute Gasteiger partial charge is 0.345 e. The average Bonchev–Trinajstić information content (AvgIpc) is 3.33. The summed E-state index contributed by atoms with van der Waals surface area (Å²) in [7, 11) is 0. The van der Waals surface area contributed by atoms with Crippen LogP contribution in [-0.2, 0) is 0 Å². The Kier molecular flexibility index (Phi) is 5.68. The lowest BCUT2D eigenvalue weighted by molar-refractivity contribution is 0.0746. The van der Waals surface area contributed by atoms with Crippen molar-refractivity contribution >= 4 is 38.4 Å². The summed E-state index contributed by atoms with van der Waals surface area (Å²) in [6.45, 7) is 7.04. The van der Waals surface area contributed by atoms with Crippen LogP contribution in [0, 0.1) is 13.8 Å². The van der Waals surface area contributed by atoms with E-state index >= 15 is 0 Å². The number of fused-ring (bicyclic) bond motifs is 1. The Morgan fingerprint density at radius 2 is 1.36 bits per heavy atom. The van der Waals surface area contributed by atoms with Crippen LogP contribution in [0.15, 0.2) is 66.7 Å². The molecule has 166 valence electrons. The van der Waals surface area contributed by atoms with Gasteiger partial charge in [-0.25, -0.2) is 4.98 Å².